The highest BCUT2D eigenvalue weighted by Gasteiger charge is 2.17. The van der Waals surface area contributed by atoms with Crippen molar-refractivity contribution < 1.29 is 14.4 Å². The average Bonchev–Trinajstić information content (AvgIpc) is 3.70. The number of carbonyl (C=O) groups is 3. The molecule has 218 valence electrons. The molecule has 0 unspecified atom stereocenters. The van der Waals surface area contributed by atoms with E-state index in [1.165, 1.54) is 34.4 Å². The molecule has 3 aromatic carbocycles. The van der Waals surface area contributed by atoms with Gasteiger partial charge in [-0.2, -0.15) is 5.26 Å². The van der Waals surface area contributed by atoms with Crippen LogP contribution in [0.1, 0.15) is 26.4 Å². The van der Waals surface area contributed by atoms with Crippen LogP contribution in [0, 0.1) is 18.3 Å². The van der Waals surface area contributed by atoms with Crippen LogP contribution in [0.2, 0.25) is 0 Å². The summed E-state index contributed by atoms with van der Waals surface area (Å²) < 4.78 is 0. The number of hydrogen-bond acceptors (Lipinski definition) is 7. The van der Waals surface area contributed by atoms with Crippen LogP contribution in [-0.2, 0) is 9.59 Å². The van der Waals surface area contributed by atoms with Gasteiger partial charge in [-0.3, -0.25) is 14.4 Å². The summed E-state index contributed by atoms with van der Waals surface area (Å²) in [4.78, 5) is 40.5. The highest BCUT2D eigenvalue weighted by molar-refractivity contribution is 8.00. The zero-order chi connectivity index (χ0) is 30.9. The van der Waals surface area contributed by atoms with E-state index in [0.717, 1.165) is 26.5 Å². The Hall–Kier alpha value is -4.95. The van der Waals surface area contributed by atoms with E-state index in [0.29, 0.717) is 21.8 Å². The second kappa shape index (κ2) is 14.5. The normalized spacial score (nSPS) is 11.0. The Morgan fingerprint density at radius 2 is 1.70 bits per heavy atom. The maximum absolute atomic E-state index is 13.3. The van der Waals surface area contributed by atoms with Crippen molar-refractivity contribution in [3.8, 4) is 17.2 Å². The van der Waals surface area contributed by atoms with Gasteiger partial charge < -0.3 is 16.0 Å². The number of carbonyl (C=O) groups excluding carboxylic acids is 3. The fourth-order valence-electron chi connectivity index (χ4n) is 4.14. The largest absolute Gasteiger partial charge is 0.321 e. The number of anilines is 2. The summed E-state index contributed by atoms with van der Waals surface area (Å²) >= 11 is 4.07. The van der Waals surface area contributed by atoms with Crippen LogP contribution in [0.3, 0.4) is 0 Å². The summed E-state index contributed by atoms with van der Waals surface area (Å²) in [6, 6.07) is 29.6. The van der Waals surface area contributed by atoms with Gasteiger partial charge in [-0.05, 0) is 60.3 Å². The van der Waals surface area contributed by atoms with Crippen molar-refractivity contribution in [1.82, 2.24) is 5.32 Å². The van der Waals surface area contributed by atoms with Crippen LogP contribution in [-0.4, -0.2) is 23.5 Å². The first-order chi connectivity index (χ1) is 21.4. The van der Waals surface area contributed by atoms with Crippen molar-refractivity contribution in [2.24, 2.45) is 0 Å². The molecule has 0 aliphatic heterocycles. The molecule has 0 saturated carbocycles. The van der Waals surface area contributed by atoms with Crippen molar-refractivity contribution in [3.63, 3.8) is 0 Å². The molecule has 5 rings (SSSR count). The van der Waals surface area contributed by atoms with Gasteiger partial charge in [0.25, 0.3) is 11.8 Å². The smallest absolute Gasteiger partial charge is 0.272 e. The zero-order valence-electron chi connectivity index (χ0n) is 23.5. The quantitative estimate of drug-likeness (QED) is 0.107. The van der Waals surface area contributed by atoms with E-state index < -0.39 is 11.8 Å². The molecule has 0 spiro atoms. The van der Waals surface area contributed by atoms with Gasteiger partial charge in [0.05, 0.1) is 11.3 Å². The van der Waals surface area contributed by atoms with Crippen molar-refractivity contribution in [2.75, 3.05) is 16.4 Å². The predicted molar refractivity (Wildman–Crippen MR) is 180 cm³/mol. The summed E-state index contributed by atoms with van der Waals surface area (Å²) in [5, 5.41) is 22.5. The van der Waals surface area contributed by atoms with E-state index in [1.807, 2.05) is 66.2 Å². The molecule has 7 nitrogen and oxygen atoms in total. The van der Waals surface area contributed by atoms with Gasteiger partial charge >= 0.3 is 0 Å². The molecule has 3 N–H and O–H groups in total. The second-order valence-electron chi connectivity index (χ2n) is 9.54. The van der Waals surface area contributed by atoms with Gasteiger partial charge in [0.2, 0.25) is 5.91 Å². The van der Waals surface area contributed by atoms with Crippen LogP contribution in [0.5, 0.6) is 0 Å². The Balaban J connectivity index is 1.22. The van der Waals surface area contributed by atoms with Crippen LogP contribution in [0.4, 0.5) is 10.7 Å². The van der Waals surface area contributed by atoms with E-state index in [-0.39, 0.29) is 17.4 Å². The lowest BCUT2D eigenvalue weighted by molar-refractivity contribution is -0.114. The van der Waals surface area contributed by atoms with E-state index in [4.69, 9.17) is 0 Å². The van der Waals surface area contributed by atoms with E-state index in [9.17, 15) is 19.6 Å². The minimum atomic E-state index is -0.478. The average molecular weight is 635 g/mol. The lowest BCUT2D eigenvalue weighted by Gasteiger charge is -2.12. The Labute approximate surface area is 267 Å². The number of nitrogens with zero attached hydrogens (tertiary/aromatic N) is 1. The molecule has 0 saturated heterocycles. The van der Waals surface area contributed by atoms with Gasteiger partial charge in [0, 0.05) is 32.0 Å². The number of nitrogens with one attached hydrogen (secondary N) is 3. The maximum Gasteiger partial charge on any atom is 0.272 e. The molecule has 44 heavy (non-hydrogen) atoms. The topological polar surface area (TPSA) is 111 Å². The number of nitriles is 1. The first-order valence-electron chi connectivity index (χ1n) is 13.4. The fraction of sp³-hybridized carbons (Fsp3) is 0.0588. The third kappa shape index (κ3) is 7.90. The van der Waals surface area contributed by atoms with Crippen molar-refractivity contribution in [2.45, 2.75) is 11.8 Å². The molecule has 0 fully saturated rings. The van der Waals surface area contributed by atoms with E-state index in [1.54, 1.807) is 48.5 Å². The molecule has 10 heteroatoms. The lowest BCUT2D eigenvalue weighted by atomic mass is 10.0. The van der Waals surface area contributed by atoms with Crippen molar-refractivity contribution in [1.29, 1.82) is 5.26 Å². The van der Waals surface area contributed by atoms with Gasteiger partial charge in [0.15, 0.2) is 0 Å². The van der Waals surface area contributed by atoms with Crippen LogP contribution < -0.4 is 16.0 Å². The number of hydrogen-bond donors (Lipinski definition) is 3. The van der Waals surface area contributed by atoms with Gasteiger partial charge in [-0.25, -0.2) is 0 Å². The third-order valence-corrected chi connectivity index (χ3v) is 9.05. The molecule has 0 bridgehead atoms. The fourth-order valence-corrected chi connectivity index (χ4v) is 6.49. The molecular formula is C34H26N4O3S3. The van der Waals surface area contributed by atoms with Gasteiger partial charge in [0.1, 0.15) is 16.8 Å². The summed E-state index contributed by atoms with van der Waals surface area (Å²) in [6.45, 7) is 2.00. The molecule has 5 aromatic rings. The Morgan fingerprint density at radius 1 is 0.909 bits per heavy atom. The van der Waals surface area contributed by atoms with Crippen LogP contribution in [0.25, 0.3) is 17.2 Å². The lowest BCUT2D eigenvalue weighted by Crippen LogP contribution is -2.30. The number of thioether (sulfide) groups is 1. The van der Waals surface area contributed by atoms with Crippen molar-refractivity contribution in [3.05, 3.63) is 129 Å². The summed E-state index contributed by atoms with van der Waals surface area (Å²) in [5.41, 5.74) is 4.33. The standard InChI is InChI=1S/C34H26N4O3S3/c1-22-12-14-23(15-13-22)29-20-44-34(28(29)19-35)38-31(39)21-43-26-10-5-9-25(17-26)36-33(41)30(18-27-11-6-16-42-27)37-32(40)24-7-3-2-4-8-24/h2-18,20H,21H2,1H3,(H,36,41)(H,37,40)(H,38,39)/b30-18-. The SMILES string of the molecule is Cc1ccc(-c2csc(NC(=O)CSc3cccc(NC(=O)/C(=C/c4cccs4)NC(=O)c4ccccc4)c3)c2C#N)cc1. The van der Waals surface area contributed by atoms with Crippen LogP contribution >= 0.6 is 34.4 Å². The predicted octanol–water partition coefficient (Wildman–Crippen LogP) is 7.80. The number of benzene rings is 3. The molecule has 2 aromatic heterocycles. The van der Waals surface area contributed by atoms with Crippen molar-refractivity contribution >= 4 is 68.9 Å². The summed E-state index contributed by atoms with van der Waals surface area (Å²) in [6.07, 6.45) is 1.63. The van der Waals surface area contributed by atoms with E-state index in [2.05, 4.69) is 22.0 Å². The Morgan fingerprint density at radius 3 is 2.43 bits per heavy atom. The number of rotatable bonds is 10. The minimum absolute atomic E-state index is 0.105. The molecule has 0 atom stereocenters. The molecule has 3 amide bonds. The molecular weight excluding hydrogens is 609 g/mol. The summed E-state index contributed by atoms with van der Waals surface area (Å²) in [5.74, 6) is -1.01. The Kier molecular flexibility index (Phi) is 10.0. The minimum Gasteiger partial charge on any atom is -0.321 e. The second-order valence-corrected chi connectivity index (χ2v) is 12.5. The molecule has 0 radical (unpaired) electrons. The van der Waals surface area contributed by atoms with Crippen LogP contribution in [0.15, 0.2) is 112 Å². The molecule has 0 aliphatic rings. The first-order valence-corrected chi connectivity index (χ1v) is 16.2. The molecule has 2 heterocycles. The van der Waals surface area contributed by atoms with Gasteiger partial charge in [-0.1, -0.05) is 60.2 Å². The highest BCUT2D eigenvalue weighted by atomic mass is 32.2. The van der Waals surface area contributed by atoms with Gasteiger partial charge in [-0.15, -0.1) is 34.4 Å². The Bertz CT molecular complexity index is 1860. The number of aryl methyl sites for hydroxylation is 1. The van der Waals surface area contributed by atoms with E-state index >= 15 is 0 Å². The third-order valence-electron chi connectivity index (χ3n) is 6.34. The number of thiophene rings is 2. The zero-order valence-corrected chi connectivity index (χ0v) is 25.9. The first kappa shape index (κ1) is 30.5. The summed E-state index contributed by atoms with van der Waals surface area (Å²) in [7, 11) is 0. The monoisotopic (exact) mass is 634 g/mol. The maximum atomic E-state index is 13.3. The highest BCUT2D eigenvalue weighted by Crippen LogP contribution is 2.35. The molecule has 0 aliphatic carbocycles. The number of amides is 3.